The van der Waals surface area contributed by atoms with Crippen LogP contribution in [0, 0.1) is 0 Å². The Bertz CT molecular complexity index is 798. The summed E-state index contributed by atoms with van der Waals surface area (Å²) < 4.78 is 4.75. The van der Waals surface area contributed by atoms with E-state index < -0.39 is 12.3 Å². The molecule has 5 nitrogen and oxygen atoms in total. The van der Waals surface area contributed by atoms with Crippen molar-refractivity contribution in [1.82, 2.24) is 0 Å². The second kappa shape index (κ2) is 6.45. The molecule has 2 aromatic rings. The van der Waals surface area contributed by atoms with Crippen LogP contribution in [0.15, 0.2) is 42.5 Å². The third-order valence-electron chi connectivity index (χ3n) is 4.04. The molecule has 0 amide bonds. The van der Waals surface area contributed by atoms with Crippen LogP contribution in [0.2, 0.25) is 0 Å². The van der Waals surface area contributed by atoms with Crippen molar-refractivity contribution in [2.75, 3.05) is 11.9 Å². The van der Waals surface area contributed by atoms with Crippen LogP contribution in [0.5, 0.6) is 0 Å². The molecule has 0 saturated heterocycles. The van der Waals surface area contributed by atoms with E-state index in [1.165, 1.54) is 6.92 Å². The van der Waals surface area contributed by atoms with Crippen molar-refractivity contribution in [3.05, 3.63) is 64.7 Å². The lowest BCUT2D eigenvalue weighted by Crippen LogP contribution is -2.17. The van der Waals surface area contributed by atoms with Gasteiger partial charge in [0.1, 0.15) is 0 Å². The molecule has 1 aliphatic rings. The first-order valence-electron chi connectivity index (χ1n) is 7.80. The Hall–Kier alpha value is -2.66. The zero-order valence-electron chi connectivity index (χ0n) is 13.7. The number of aliphatic hydroxyl groups is 1. The summed E-state index contributed by atoms with van der Waals surface area (Å²) in [5.41, 5.74) is 3.76. The van der Waals surface area contributed by atoms with E-state index in [4.69, 9.17) is 9.84 Å². The zero-order chi connectivity index (χ0) is 17.3. The summed E-state index contributed by atoms with van der Waals surface area (Å²) in [6.45, 7) is 2.03. The first-order chi connectivity index (χ1) is 11.5. The van der Waals surface area contributed by atoms with Crippen LogP contribution in [0.4, 0.5) is 5.69 Å². The standard InChI is InChI=1S/C19H19NO4/c1-12(21)24-18(22)10-13-7-8-17-16(9-13)19(23)15-6-4-3-5-14(15)11-20(17)2/h3-9,12,21H,10-11H2,1-2H3. The minimum Gasteiger partial charge on any atom is -0.436 e. The van der Waals surface area contributed by atoms with Crippen LogP contribution in [-0.4, -0.2) is 30.2 Å². The fourth-order valence-electron chi connectivity index (χ4n) is 2.97. The number of ether oxygens (including phenoxy) is 1. The molecule has 1 N–H and O–H groups in total. The van der Waals surface area contributed by atoms with E-state index >= 15 is 0 Å². The van der Waals surface area contributed by atoms with Gasteiger partial charge in [0, 0.05) is 30.4 Å². The van der Waals surface area contributed by atoms with Gasteiger partial charge in [-0.25, -0.2) is 0 Å². The molecular formula is C19H19NO4. The number of carbonyl (C=O) groups is 2. The number of nitrogens with zero attached hydrogens (tertiary/aromatic N) is 1. The molecule has 1 atom stereocenters. The normalized spacial score (nSPS) is 14.5. The summed E-state index contributed by atoms with van der Waals surface area (Å²) in [7, 11) is 1.94. The zero-order valence-corrected chi connectivity index (χ0v) is 13.7. The van der Waals surface area contributed by atoms with Crippen molar-refractivity contribution >= 4 is 17.4 Å². The third-order valence-corrected chi connectivity index (χ3v) is 4.04. The van der Waals surface area contributed by atoms with Crippen molar-refractivity contribution in [2.24, 2.45) is 0 Å². The van der Waals surface area contributed by atoms with Crippen molar-refractivity contribution in [3.63, 3.8) is 0 Å². The van der Waals surface area contributed by atoms with Crippen LogP contribution in [0.3, 0.4) is 0 Å². The molecule has 5 heteroatoms. The Kier molecular flexibility index (Phi) is 4.36. The fraction of sp³-hybridized carbons (Fsp3) is 0.263. The number of rotatable bonds is 3. The highest BCUT2D eigenvalue weighted by atomic mass is 16.6. The lowest BCUT2D eigenvalue weighted by molar-refractivity contribution is -0.163. The maximum atomic E-state index is 12.9. The molecule has 0 fully saturated rings. The van der Waals surface area contributed by atoms with E-state index in [0.29, 0.717) is 23.2 Å². The number of benzene rings is 2. The van der Waals surface area contributed by atoms with Gasteiger partial charge in [-0.3, -0.25) is 9.59 Å². The highest BCUT2D eigenvalue weighted by Gasteiger charge is 2.24. The van der Waals surface area contributed by atoms with Crippen molar-refractivity contribution in [3.8, 4) is 0 Å². The van der Waals surface area contributed by atoms with Crippen LogP contribution in [0.25, 0.3) is 0 Å². The van der Waals surface area contributed by atoms with E-state index in [-0.39, 0.29) is 12.2 Å². The maximum absolute atomic E-state index is 12.9. The molecule has 124 valence electrons. The molecule has 0 aliphatic carbocycles. The van der Waals surface area contributed by atoms with Gasteiger partial charge in [-0.1, -0.05) is 30.3 Å². The van der Waals surface area contributed by atoms with Gasteiger partial charge in [0.05, 0.1) is 6.42 Å². The third kappa shape index (κ3) is 3.16. The average Bonchev–Trinajstić information content (AvgIpc) is 2.63. The number of hydrogen-bond acceptors (Lipinski definition) is 5. The second-order valence-electron chi connectivity index (χ2n) is 5.96. The first-order valence-corrected chi connectivity index (χ1v) is 7.80. The van der Waals surface area contributed by atoms with Gasteiger partial charge in [-0.15, -0.1) is 0 Å². The molecule has 0 saturated carbocycles. The SMILES string of the molecule is CC(O)OC(=O)Cc1ccc2c(c1)C(=O)c1ccccc1CN2C. The van der Waals surface area contributed by atoms with Gasteiger partial charge < -0.3 is 14.7 Å². The number of carbonyl (C=O) groups excluding carboxylic acids is 2. The smallest absolute Gasteiger partial charge is 0.312 e. The molecule has 0 bridgehead atoms. The Morgan fingerprint density at radius 2 is 2.00 bits per heavy atom. The summed E-state index contributed by atoms with van der Waals surface area (Å²) in [5.74, 6) is -0.574. The maximum Gasteiger partial charge on any atom is 0.312 e. The van der Waals surface area contributed by atoms with Crippen LogP contribution in [0.1, 0.15) is 34.0 Å². The Morgan fingerprint density at radius 1 is 1.25 bits per heavy atom. The van der Waals surface area contributed by atoms with Crippen molar-refractivity contribution in [2.45, 2.75) is 26.2 Å². The van der Waals surface area contributed by atoms with Gasteiger partial charge >= 0.3 is 5.97 Å². The fourth-order valence-corrected chi connectivity index (χ4v) is 2.97. The Balaban J connectivity index is 1.97. The lowest BCUT2D eigenvalue weighted by atomic mass is 9.97. The molecular weight excluding hydrogens is 306 g/mol. The quantitative estimate of drug-likeness (QED) is 0.693. The summed E-state index contributed by atoms with van der Waals surface area (Å²) in [5, 5.41) is 9.11. The van der Waals surface area contributed by atoms with E-state index in [1.54, 1.807) is 6.07 Å². The Morgan fingerprint density at radius 3 is 2.75 bits per heavy atom. The molecule has 0 spiro atoms. The number of anilines is 1. The summed E-state index contributed by atoms with van der Waals surface area (Å²) in [4.78, 5) is 26.7. The highest BCUT2D eigenvalue weighted by Crippen LogP contribution is 2.30. The van der Waals surface area contributed by atoms with Crippen molar-refractivity contribution in [1.29, 1.82) is 0 Å². The summed E-state index contributed by atoms with van der Waals surface area (Å²) in [6.07, 6.45) is -1.13. The van der Waals surface area contributed by atoms with Gasteiger partial charge in [0.25, 0.3) is 0 Å². The van der Waals surface area contributed by atoms with Crippen LogP contribution >= 0.6 is 0 Å². The van der Waals surface area contributed by atoms with E-state index in [2.05, 4.69) is 0 Å². The molecule has 3 rings (SSSR count). The molecule has 1 heterocycles. The largest absolute Gasteiger partial charge is 0.436 e. The number of ketones is 1. The predicted octanol–water partition coefficient (Wildman–Crippen LogP) is 2.29. The van der Waals surface area contributed by atoms with Gasteiger partial charge in [0.15, 0.2) is 12.1 Å². The van der Waals surface area contributed by atoms with Crippen LogP contribution in [-0.2, 0) is 22.5 Å². The number of esters is 1. The van der Waals surface area contributed by atoms with Gasteiger partial charge in [-0.05, 0) is 30.2 Å². The van der Waals surface area contributed by atoms with E-state index in [0.717, 1.165) is 11.3 Å². The van der Waals surface area contributed by atoms with Crippen molar-refractivity contribution < 1.29 is 19.4 Å². The molecule has 0 radical (unpaired) electrons. The number of fused-ring (bicyclic) bond motifs is 2. The minimum absolute atomic E-state index is 0.0107. The predicted molar refractivity (Wildman–Crippen MR) is 89.9 cm³/mol. The molecule has 1 aliphatic heterocycles. The summed E-state index contributed by atoms with van der Waals surface area (Å²) in [6, 6.07) is 13.0. The van der Waals surface area contributed by atoms with E-state index in [9.17, 15) is 9.59 Å². The lowest BCUT2D eigenvalue weighted by Gasteiger charge is -2.19. The second-order valence-corrected chi connectivity index (χ2v) is 5.96. The first kappa shape index (κ1) is 16.2. The van der Waals surface area contributed by atoms with Crippen LogP contribution < -0.4 is 4.90 Å². The molecule has 2 aromatic carbocycles. The highest BCUT2D eigenvalue weighted by molar-refractivity contribution is 6.14. The van der Waals surface area contributed by atoms with Gasteiger partial charge in [-0.2, -0.15) is 0 Å². The van der Waals surface area contributed by atoms with E-state index in [1.807, 2.05) is 48.3 Å². The monoisotopic (exact) mass is 325 g/mol. The molecule has 24 heavy (non-hydrogen) atoms. The van der Waals surface area contributed by atoms with Gasteiger partial charge in [0.2, 0.25) is 0 Å². The number of hydrogen-bond donors (Lipinski definition) is 1. The average molecular weight is 325 g/mol. The molecule has 1 unspecified atom stereocenters. The minimum atomic E-state index is -1.14. The Labute approximate surface area is 140 Å². The molecule has 0 aromatic heterocycles. The number of aliphatic hydroxyl groups excluding tert-OH is 1. The summed E-state index contributed by atoms with van der Waals surface area (Å²) >= 11 is 0. The topological polar surface area (TPSA) is 66.8 Å².